The van der Waals surface area contributed by atoms with Crippen LogP contribution < -0.4 is 5.56 Å². The number of nitrogens with one attached hydrogen (secondary N) is 2. The van der Waals surface area contributed by atoms with E-state index >= 15 is 0 Å². The van der Waals surface area contributed by atoms with Crippen LogP contribution in [-0.4, -0.2) is 32.3 Å². The fourth-order valence-corrected chi connectivity index (χ4v) is 5.16. The standard InChI is InChI=1S/C20H18N4O2S/c1-10-16-18(25)21-11(2)22-19(16)27-17(10)20(26)24-8-7-13-12-5-3-4-6-14(12)23-15(13)9-24/h3-6,23H,7-9H2,1-2H3,(H,21,22,25). The number of amides is 1. The first-order valence-electron chi connectivity index (χ1n) is 8.90. The molecule has 0 spiro atoms. The second-order valence-corrected chi connectivity index (χ2v) is 7.99. The third-order valence-electron chi connectivity index (χ3n) is 5.28. The number of H-pyrrole nitrogens is 2. The van der Waals surface area contributed by atoms with Crippen LogP contribution in [0, 0.1) is 13.8 Å². The molecule has 136 valence electrons. The van der Waals surface area contributed by atoms with Gasteiger partial charge in [0.1, 0.15) is 10.7 Å². The van der Waals surface area contributed by atoms with Crippen molar-refractivity contribution in [3.63, 3.8) is 0 Å². The molecule has 0 saturated heterocycles. The van der Waals surface area contributed by atoms with Crippen LogP contribution in [0.4, 0.5) is 0 Å². The molecule has 27 heavy (non-hydrogen) atoms. The summed E-state index contributed by atoms with van der Waals surface area (Å²) in [7, 11) is 0. The topological polar surface area (TPSA) is 81.8 Å². The van der Waals surface area contributed by atoms with Gasteiger partial charge < -0.3 is 14.9 Å². The quantitative estimate of drug-likeness (QED) is 0.533. The predicted molar refractivity (Wildman–Crippen MR) is 106 cm³/mol. The average Bonchev–Trinajstić information content (AvgIpc) is 3.18. The SMILES string of the molecule is Cc1nc2sc(C(=O)N3CCc4c([nH]c5ccccc45)C3)c(C)c2c(=O)[nH]1. The van der Waals surface area contributed by atoms with E-state index in [0.717, 1.165) is 23.2 Å². The van der Waals surface area contributed by atoms with Gasteiger partial charge in [-0.3, -0.25) is 9.59 Å². The zero-order chi connectivity index (χ0) is 18.7. The summed E-state index contributed by atoms with van der Waals surface area (Å²) in [6.07, 6.45) is 0.826. The summed E-state index contributed by atoms with van der Waals surface area (Å²) in [5.74, 6) is 0.533. The first-order chi connectivity index (χ1) is 13.0. The van der Waals surface area contributed by atoms with Crippen molar-refractivity contribution in [1.82, 2.24) is 19.9 Å². The number of para-hydroxylation sites is 1. The molecule has 0 atom stereocenters. The number of aromatic nitrogens is 3. The molecule has 0 radical (unpaired) electrons. The molecule has 4 aromatic rings. The van der Waals surface area contributed by atoms with Crippen molar-refractivity contribution >= 4 is 38.4 Å². The maximum atomic E-state index is 13.2. The number of rotatable bonds is 1. The molecule has 0 saturated carbocycles. The number of aryl methyl sites for hydroxylation is 2. The van der Waals surface area contributed by atoms with Gasteiger partial charge in [-0.05, 0) is 37.5 Å². The van der Waals surface area contributed by atoms with E-state index in [2.05, 4.69) is 27.1 Å². The average molecular weight is 378 g/mol. The van der Waals surface area contributed by atoms with Crippen LogP contribution in [0.1, 0.15) is 32.3 Å². The lowest BCUT2D eigenvalue weighted by atomic mass is 10.0. The highest BCUT2D eigenvalue weighted by atomic mass is 32.1. The fourth-order valence-electron chi connectivity index (χ4n) is 3.97. The molecule has 7 heteroatoms. The molecule has 0 unspecified atom stereocenters. The van der Waals surface area contributed by atoms with Gasteiger partial charge in [-0.2, -0.15) is 0 Å². The first kappa shape index (κ1) is 16.3. The Balaban J connectivity index is 1.53. The number of thiophene rings is 1. The van der Waals surface area contributed by atoms with Crippen molar-refractivity contribution in [3.05, 3.63) is 62.1 Å². The Morgan fingerprint density at radius 2 is 2.04 bits per heavy atom. The van der Waals surface area contributed by atoms with E-state index in [1.807, 2.05) is 24.0 Å². The van der Waals surface area contributed by atoms with E-state index in [-0.39, 0.29) is 11.5 Å². The molecule has 0 aliphatic carbocycles. The van der Waals surface area contributed by atoms with Crippen molar-refractivity contribution in [2.75, 3.05) is 6.54 Å². The van der Waals surface area contributed by atoms with E-state index in [9.17, 15) is 9.59 Å². The molecule has 3 aromatic heterocycles. The zero-order valence-electron chi connectivity index (χ0n) is 15.0. The summed E-state index contributed by atoms with van der Waals surface area (Å²) in [5, 5.41) is 1.76. The van der Waals surface area contributed by atoms with E-state index in [0.29, 0.717) is 34.0 Å². The van der Waals surface area contributed by atoms with E-state index in [1.165, 1.54) is 22.3 Å². The molecular formula is C20H18N4O2S. The van der Waals surface area contributed by atoms with Crippen molar-refractivity contribution < 1.29 is 4.79 Å². The highest BCUT2D eigenvalue weighted by Gasteiger charge is 2.28. The molecule has 4 heterocycles. The van der Waals surface area contributed by atoms with Crippen LogP contribution in [0.5, 0.6) is 0 Å². The van der Waals surface area contributed by atoms with Gasteiger partial charge in [0.15, 0.2) is 0 Å². The summed E-state index contributed by atoms with van der Waals surface area (Å²) < 4.78 is 0. The smallest absolute Gasteiger partial charge is 0.264 e. The van der Waals surface area contributed by atoms with Crippen LogP contribution in [0.15, 0.2) is 29.1 Å². The number of fused-ring (bicyclic) bond motifs is 4. The van der Waals surface area contributed by atoms with E-state index in [4.69, 9.17) is 0 Å². The van der Waals surface area contributed by atoms with E-state index in [1.54, 1.807) is 6.92 Å². The highest BCUT2D eigenvalue weighted by Crippen LogP contribution is 2.31. The van der Waals surface area contributed by atoms with Gasteiger partial charge in [0.2, 0.25) is 0 Å². The van der Waals surface area contributed by atoms with Gasteiger partial charge in [0.05, 0.1) is 16.8 Å². The van der Waals surface area contributed by atoms with E-state index < -0.39 is 0 Å². The van der Waals surface area contributed by atoms with Gasteiger partial charge in [-0.15, -0.1) is 11.3 Å². The second-order valence-electron chi connectivity index (χ2n) is 6.99. The Kier molecular flexibility index (Phi) is 3.48. The minimum Gasteiger partial charge on any atom is -0.357 e. The molecular weight excluding hydrogens is 360 g/mol. The number of nitrogens with zero attached hydrogens (tertiary/aromatic N) is 2. The third-order valence-corrected chi connectivity index (χ3v) is 6.46. The Morgan fingerprint density at radius 1 is 1.22 bits per heavy atom. The van der Waals surface area contributed by atoms with Crippen LogP contribution in [-0.2, 0) is 13.0 Å². The lowest BCUT2D eigenvalue weighted by Gasteiger charge is -2.27. The number of aromatic amines is 2. The van der Waals surface area contributed by atoms with Crippen LogP contribution in [0.3, 0.4) is 0 Å². The molecule has 6 nitrogen and oxygen atoms in total. The highest BCUT2D eigenvalue weighted by molar-refractivity contribution is 7.20. The van der Waals surface area contributed by atoms with Crippen molar-refractivity contribution in [1.29, 1.82) is 0 Å². The molecule has 1 aliphatic heterocycles. The monoisotopic (exact) mass is 378 g/mol. The van der Waals surface area contributed by atoms with Crippen molar-refractivity contribution in [3.8, 4) is 0 Å². The van der Waals surface area contributed by atoms with Gasteiger partial charge >= 0.3 is 0 Å². The summed E-state index contributed by atoms with van der Waals surface area (Å²) in [4.78, 5) is 39.1. The molecule has 2 N–H and O–H groups in total. The minimum absolute atomic E-state index is 0.0307. The number of hydrogen-bond acceptors (Lipinski definition) is 4. The number of carbonyl (C=O) groups is 1. The molecule has 1 aromatic carbocycles. The van der Waals surface area contributed by atoms with Gasteiger partial charge in [-0.25, -0.2) is 4.98 Å². The summed E-state index contributed by atoms with van der Waals surface area (Å²) in [6, 6.07) is 8.25. The van der Waals surface area contributed by atoms with Gasteiger partial charge in [0.25, 0.3) is 11.5 Å². The molecule has 1 amide bonds. The maximum absolute atomic E-state index is 13.2. The Morgan fingerprint density at radius 3 is 2.89 bits per heavy atom. The Hall–Kier alpha value is -2.93. The maximum Gasteiger partial charge on any atom is 0.264 e. The lowest BCUT2D eigenvalue weighted by Crippen LogP contribution is -2.35. The van der Waals surface area contributed by atoms with Crippen LogP contribution in [0.2, 0.25) is 0 Å². The van der Waals surface area contributed by atoms with Crippen molar-refractivity contribution in [2.24, 2.45) is 0 Å². The normalized spacial score (nSPS) is 14.1. The lowest BCUT2D eigenvalue weighted by molar-refractivity contribution is 0.0737. The van der Waals surface area contributed by atoms with Crippen LogP contribution >= 0.6 is 11.3 Å². The Bertz CT molecular complexity index is 1280. The third kappa shape index (κ3) is 2.42. The predicted octanol–water partition coefficient (Wildman–Crippen LogP) is 3.28. The molecule has 0 fully saturated rings. The number of hydrogen-bond donors (Lipinski definition) is 2. The Labute approximate surface area is 158 Å². The molecule has 0 bridgehead atoms. The number of carbonyl (C=O) groups excluding carboxylic acids is 1. The molecule has 5 rings (SSSR count). The summed E-state index contributed by atoms with van der Waals surface area (Å²) >= 11 is 1.31. The summed E-state index contributed by atoms with van der Waals surface area (Å²) in [6.45, 7) is 4.81. The number of benzene rings is 1. The van der Waals surface area contributed by atoms with Gasteiger partial charge in [-0.1, -0.05) is 18.2 Å². The zero-order valence-corrected chi connectivity index (χ0v) is 15.9. The summed E-state index contributed by atoms with van der Waals surface area (Å²) in [5.41, 5.74) is 4.05. The largest absolute Gasteiger partial charge is 0.357 e. The van der Waals surface area contributed by atoms with Crippen LogP contribution in [0.25, 0.3) is 21.1 Å². The molecule has 1 aliphatic rings. The van der Waals surface area contributed by atoms with Gasteiger partial charge in [0, 0.05) is 23.1 Å². The second kappa shape index (κ2) is 5.79. The van der Waals surface area contributed by atoms with Crippen molar-refractivity contribution in [2.45, 2.75) is 26.8 Å². The minimum atomic E-state index is -0.179. The fraction of sp³-hybridized carbons (Fsp3) is 0.250. The first-order valence-corrected chi connectivity index (χ1v) is 9.72.